The molecular weight excluding hydrogens is 230 g/mol. The molecule has 0 saturated carbocycles. The average molecular weight is 245 g/mol. The summed E-state index contributed by atoms with van der Waals surface area (Å²) in [7, 11) is 2.07. The number of hydrogen-bond donors (Lipinski definition) is 0. The van der Waals surface area contributed by atoms with Crippen LogP contribution in [0.4, 0.5) is 0 Å². The summed E-state index contributed by atoms with van der Waals surface area (Å²) >= 11 is 1.75. The number of rotatable bonds is 5. The minimum Gasteiger partial charge on any atom is -0.300 e. The maximum Gasteiger partial charge on any atom is 0.108 e. The van der Waals surface area contributed by atoms with Gasteiger partial charge in [0.05, 0.1) is 22.8 Å². The van der Waals surface area contributed by atoms with Gasteiger partial charge in [-0.3, -0.25) is 4.90 Å². The standard InChI is InChI=1S/C13H15N3S/c1-16(9-5-4-8-14)10-13-15-11-6-2-3-7-12(11)17-13/h2-3,6-7H,4-5,9-10H2,1H3. The Hall–Kier alpha value is -1.44. The minimum absolute atomic E-state index is 0.629. The van der Waals surface area contributed by atoms with E-state index in [0.717, 1.165) is 30.0 Å². The monoisotopic (exact) mass is 245 g/mol. The van der Waals surface area contributed by atoms with Gasteiger partial charge < -0.3 is 0 Å². The quantitative estimate of drug-likeness (QED) is 0.760. The van der Waals surface area contributed by atoms with Gasteiger partial charge in [0.2, 0.25) is 0 Å². The molecule has 88 valence electrons. The summed E-state index contributed by atoms with van der Waals surface area (Å²) < 4.78 is 1.24. The Morgan fingerprint density at radius 1 is 1.41 bits per heavy atom. The van der Waals surface area contributed by atoms with Crippen LogP contribution in [0.5, 0.6) is 0 Å². The first-order chi connectivity index (χ1) is 8.29. The molecule has 0 aliphatic heterocycles. The molecule has 0 radical (unpaired) electrons. The Balaban J connectivity index is 1.96. The number of aromatic nitrogens is 1. The van der Waals surface area contributed by atoms with Crippen LogP contribution in [0.25, 0.3) is 10.2 Å². The number of nitriles is 1. The second-order valence-electron chi connectivity index (χ2n) is 4.07. The molecule has 2 aromatic rings. The molecule has 0 bridgehead atoms. The normalized spacial score (nSPS) is 10.9. The van der Waals surface area contributed by atoms with Crippen molar-refractivity contribution >= 4 is 21.6 Å². The van der Waals surface area contributed by atoms with Crippen LogP contribution in [-0.2, 0) is 6.54 Å². The number of nitrogens with zero attached hydrogens (tertiary/aromatic N) is 3. The van der Waals surface area contributed by atoms with E-state index in [9.17, 15) is 0 Å². The van der Waals surface area contributed by atoms with Crippen LogP contribution in [0.15, 0.2) is 24.3 Å². The Bertz CT molecular complexity index is 494. The minimum atomic E-state index is 0.629. The first-order valence-electron chi connectivity index (χ1n) is 5.69. The lowest BCUT2D eigenvalue weighted by atomic mass is 10.3. The zero-order chi connectivity index (χ0) is 12.1. The van der Waals surface area contributed by atoms with Crippen molar-refractivity contribution in [2.75, 3.05) is 13.6 Å². The van der Waals surface area contributed by atoms with E-state index >= 15 is 0 Å². The number of fused-ring (bicyclic) bond motifs is 1. The second kappa shape index (κ2) is 5.76. The van der Waals surface area contributed by atoms with E-state index in [1.807, 2.05) is 18.2 Å². The third-order valence-electron chi connectivity index (χ3n) is 2.57. The summed E-state index contributed by atoms with van der Waals surface area (Å²) in [5, 5.41) is 9.63. The van der Waals surface area contributed by atoms with E-state index in [2.05, 4.69) is 29.1 Å². The Morgan fingerprint density at radius 2 is 2.24 bits per heavy atom. The van der Waals surface area contributed by atoms with Crippen molar-refractivity contribution in [2.45, 2.75) is 19.4 Å². The van der Waals surface area contributed by atoms with E-state index in [0.29, 0.717) is 6.42 Å². The fourth-order valence-electron chi connectivity index (χ4n) is 1.73. The molecule has 0 fully saturated rings. The first-order valence-corrected chi connectivity index (χ1v) is 6.51. The van der Waals surface area contributed by atoms with Gasteiger partial charge in [-0.05, 0) is 32.1 Å². The van der Waals surface area contributed by atoms with Gasteiger partial charge in [-0.15, -0.1) is 11.3 Å². The highest BCUT2D eigenvalue weighted by Gasteiger charge is 2.05. The van der Waals surface area contributed by atoms with Crippen LogP contribution in [0.1, 0.15) is 17.8 Å². The van der Waals surface area contributed by atoms with Crippen LogP contribution < -0.4 is 0 Å². The highest BCUT2D eigenvalue weighted by molar-refractivity contribution is 7.18. The van der Waals surface area contributed by atoms with E-state index in [1.54, 1.807) is 11.3 Å². The Labute approximate surface area is 105 Å². The van der Waals surface area contributed by atoms with Crippen molar-refractivity contribution in [2.24, 2.45) is 0 Å². The molecule has 0 saturated heterocycles. The molecule has 0 N–H and O–H groups in total. The Kier molecular flexibility index (Phi) is 4.08. The smallest absolute Gasteiger partial charge is 0.108 e. The molecule has 0 spiro atoms. The van der Waals surface area contributed by atoms with Crippen LogP contribution in [0, 0.1) is 11.3 Å². The van der Waals surface area contributed by atoms with Gasteiger partial charge in [0.1, 0.15) is 5.01 Å². The second-order valence-corrected chi connectivity index (χ2v) is 5.19. The van der Waals surface area contributed by atoms with E-state index in [1.165, 1.54) is 4.70 Å². The molecule has 0 aliphatic rings. The molecule has 4 heteroatoms. The van der Waals surface area contributed by atoms with Crippen molar-refractivity contribution in [1.82, 2.24) is 9.88 Å². The van der Waals surface area contributed by atoms with Gasteiger partial charge in [-0.2, -0.15) is 5.26 Å². The van der Waals surface area contributed by atoms with E-state index < -0.39 is 0 Å². The molecule has 0 amide bonds. The highest BCUT2D eigenvalue weighted by Crippen LogP contribution is 2.22. The van der Waals surface area contributed by atoms with Gasteiger partial charge in [0.15, 0.2) is 0 Å². The predicted molar refractivity (Wildman–Crippen MR) is 70.8 cm³/mol. The number of para-hydroxylation sites is 1. The van der Waals surface area contributed by atoms with Crippen LogP contribution in [0.3, 0.4) is 0 Å². The van der Waals surface area contributed by atoms with Crippen LogP contribution >= 0.6 is 11.3 Å². The van der Waals surface area contributed by atoms with Gasteiger partial charge in [0, 0.05) is 6.42 Å². The molecule has 1 aromatic heterocycles. The fourth-order valence-corrected chi connectivity index (χ4v) is 2.77. The zero-order valence-electron chi connectivity index (χ0n) is 9.89. The lowest BCUT2D eigenvalue weighted by Crippen LogP contribution is -2.18. The third kappa shape index (κ3) is 3.26. The van der Waals surface area contributed by atoms with Gasteiger partial charge in [-0.25, -0.2) is 4.98 Å². The summed E-state index contributed by atoms with van der Waals surface area (Å²) in [6, 6.07) is 10.4. The Morgan fingerprint density at radius 3 is 3.00 bits per heavy atom. The molecule has 3 nitrogen and oxygen atoms in total. The number of hydrogen-bond acceptors (Lipinski definition) is 4. The molecule has 1 aromatic carbocycles. The van der Waals surface area contributed by atoms with Crippen LogP contribution in [-0.4, -0.2) is 23.5 Å². The summed E-state index contributed by atoms with van der Waals surface area (Å²) in [5.41, 5.74) is 1.08. The molecular formula is C13H15N3S. The predicted octanol–water partition coefficient (Wildman–Crippen LogP) is 3.03. The number of thiazole rings is 1. The average Bonchev–Trinajstić information content (AvgIpc) is 2.71. The topological polar surface area (TPSA) is 39.9 Å². The molecule has 0 unspecified atom stereocenters. The van der Waals surface area contributed by atoms with Crippen LogP contribution in [0.2, 0.25) is 0 Å². The summed E-state index contributed by atoms with van der Waals surface area (Å²) in [6.45, 7) is 1.81. The molecule has 0 atom stereocenters. The summed E-state index contributed by atoms with van der Waals surface area (Å²) in [5.74, 6) is 0. The first kappa shape index (κ1) is 12.0. The van der Waals surface area contributed by atoms with E-state index in [-0.39, 0.29) is 0 Å². The zero-order valence-corrected chi connectivity index (χ0v) is 10.7. The maximum absolute atomic E-state index is 8.49. The summed E-state index contributed by atoms with van der Waals surface area (Å²) in [4.78, 5) is 6.81. The summed E-state index contributed by atoms with van der Waals surface area (Å²) in [6.07, 6.45) is 1.56. The number of benzene rings is 1. The van der Waals surface area contributed by atoms with Crippen molar-refractivity contribution in [3.8, 4) is 6.07 Å². The SMILES string of the molecule is CN(CCCC#N)Cc1nc2ccccc2s1. The largest absolute Gasteiger partial charge is 0.300 e. The molecule has 17 heavy (non-hydrogen) atoms. The molecule has 1 heterocycles. The van der Waals surface area contributed by atoms with Crippen molar-refractivity contribution in [1.29, 1.82) is 5.26 Å². The highest BCUT2D eigenvalue weighted by atomic mass is 32.1. The molecule has 2 rings (SSSR count). The lowest BCUT2D eigenvalue weighted by Gasteiger charge is -2.13. The maximum atomic E-state index is 8.49. The van der Waals surface area contributed by atoms with Gasteiger partial charge in [0.25, 0.3) is 0 Å². The van der Waals surface area contributed by atoms with Crippen molar-refractivity contribution in [3.63, 3.8) is 0 Å². The van der Waals surface area contributed by atoms with Gasteiger partial charge in [-0.1, -0.05) is 12.1 Å². The lowest BCUT2D eigenvalue weighted by molar-refractivity contribution is 0.323. The third-order valence-corrected chi connectivity index (χ3v) is 3.59. The van der Waals surface area contributed by atoms with Gasteiger partial charge >= 0.3 is 0 Å². The molecule has 0 aliphatic carbocycles. The van der Waals surface area contributed by atoms with Crippen molar-refractivity contribution < 1.29 is 0 Å². The number of unbranched alkanes of at least 4 members (excludes halogenated alkanes) is 1. The fraction of sp³-hybridized carbons (Fsp3) is 0.385. The van der Waals surface area contributed by atoms with E-state index in [4.69, 9.17) is 5.26 Å². The van der Waals surface area contributed by atoms with Crippen molar-refractivity contribution in [3.05, 3.63) is 29.3 Å².